The molecule has 6 aromatic rings. The Morgan fingerprint density at radius 3 is 2.40 bits per heavy atom. The van der Waals surface area contributed by atoms with Crippen molar-refractivity contribution in [1.82, 2.24) is 19.4 Å². The van der Waals surface area contributed by atoms with Crippen molar-refractivity contribution in [3.8, 4) is 22.5 Å². The van der Waals surface area contributed by atoms with E-state index in [4.69, 9.17) is 19.9 Å². The van der Waals surface area contributed by atoms with E-state index in [1.165, 1.54) is 0 Å². The van der Waals surface area contributed by atoms with Gasteiger partial charge in [-0.15, -0.1) is 0 Å². The third-order valence-corrected chi connectivity index (χ3v) is 10.2. The van der Waals surface area contributed by atoms with Crippen LogP contribution in [0.3, 0.4) is 0 Å². The highest BCUT2D eigenvalue weighted by atomic mass is 32.2. The van der Waals surface area contributed by atoms with E-state index in [1.54, 1.807) is 30.5 Å². The summed E-state index contributed by atoms with van der Waals surface area (Å²) in [5.41, 5.74) is 14.1. The molecule has 3 aromatic carbocycles. The number of aryl methyl sites for hydroxylation is 2. The molecule has 0 amide bonds. The molecule has 0 aliphatic heterocycles. The maximum Gasteiger partial charge on any atom is 0.296 e. The SMILES string of the molecule is Cc1ccc(S(=O)(=O)OC[C@H]2CC[C@H](c3nc(-c4ccc5c(C)cc(-c6ccccc6)nc5c4)c4c(N)nccn43)CC2)cc1. The van der Waals surface area contributed by atoms with Crippen LogP contribution in [0.5, 0.6) is 0 Å². The number of rotatable bonds is 7. The van der Waals surface area contributed by atoms with E-state index >= 15 is 0 Å². The Balaban J connectivity index is 1.15. The summed E-state index contributed by atoms with van der Waals surface area (Å²) < 4.78 is 33.0. The summed E-state index contributed by atoms with van der Waals surface area (Å²) in [6.45, 7) is 4.22. The van der Waals surface area contributed by atoms with E-state index in [0.29, 0.717) is 5.82 Å². The average Bonchev–Trinajstić information content (AvgIpc) is 3.45. The Morgan fingerprint density at radius 1 is 0.889 bits per heavy atom. The van der Waals surface area contributed by atoms with Gasteiger partial charge in [0.1, 0.15) is 22.9 Å². The molecule has 0 atom stereocenters. The summed E-state index contributed by atoms with van der Waals surface area (Å²) in [6.07, 6.45) is 7.08. The molecule has 7 rings (SSSR count). The van der Waals surface area contributed by atoms with Crippen LogP contribution >= 0.6 is 0 Å². The van der Waals surface area contributed by atoms with E-state index < -0.39 is 10.1 Å². The minimum absolute atomic E-state index is 0.160. The highest BCUT2D eigenvalue weighted by Gasteiger charge is 2.29. The van der Waals surface area contributed by atoms with E-state index in [0.717, 1.165) is 81.6 Å². The third-order valence-electron chi connectivity index (χ3n) is 8.95. The monoisotopic (exact) mass is 617 g/mol. The first-order valence-corrected chi connectivity index (χ1v) is 16.7. The maximum absolute atomic E-state index is 12.7. The molecular weight excluding hydrogens is 582 g/mol. The molecule has 0 unspecified atom stereocenters. The summed E-state index contributed by atoms with van der Waals surface area (Å²) in [7, 11) is -3.78. The van der Waals surface area contributed by atoms with Crippen molar-refractivity contribution in [1.29, 1.82) is 0 Å². The number of nitrogen functional groups attached to an aromatic ring is 1. The lowest BCUT2D eigenvalue weighted by molar-refractivity contribution is 0.203. The van der Waals surface area contributed by atoms with Gasteiger partial charge >= 0.3 is 0 Å². The molecule has 0 spiro atoms. The van der Waals surface area contributed by atoms with Gasteiger partial charge in [-0.1, -0.05) is 60.2 Å². The van der Waals surface area contributed by atoms with Crippen LogP contribution in [0.15, 0.2) is 96.2 Å². The Hall–Kier alpha value is -4.60. The van der Waals surface area contributed by atoms with Gasteiger partial charge in [-0.05, 0) is 75.3 Å². The average molecular weight is 618 g/mol. The topological polar surface area (TPSA) is 112 Å². The molecule has 228 valence electrons. The largest absolute Gasteiger partial charge is 0.382 e. The van der Waals surface area contributed by atoms with Crippen molar-refractivity contribution in [2.45, 2.75) is 50.3 Å². The molecule has 8 nitrogen and oxygen atoms in total. The number of nitrogens with two attached hydrogens (primary N) is 1. The van der Waals surface area contributed by atoms with E-state index in [9.17, 15) is 8.42 Å². The summed E-state index contributed by atoms with van der Waals surface area (Å²) in [5, 5.41) is 1.10. The molecule has 3 heterocycles. The van der Waals surface area contributed by atoms with Crippen molar-refractivity contribution in [2.75, 3.05) is 12.3 Å². The van der Waals surface area contributed by atoms with Gasteiger partial charge in [-0.2, -0.15) is 8.42 Å². The molecule has 45 heavy (non-hydrogen) atoms. The lowest BCUT2D eigenvalue weighted by atomic mass is 9.82. The predicted molar refractivity (Wildman–Crippen MR) is 177 cm³/mol. The Morgan fingerprint density at radius 2 is 1.64 bits per heavy atom. The van der Waals surface area contributed by atoms with Crippen LogP contribution < -0.4 is 5.73 Å². The van der Waals surface area contributed by atoms with Crippen molar-refractivity contribution < 1.29 is 12.6 Å². The predicted octanol–water partition coefficient (Wildman–Crippen LogP) is 7.49. The number of hydrogen-bond donors (Lipinski definition) is 1. The lowest BCUT2D eigenvalue weighted by Gasteiger charge is -2.27. The Bertz CT molecular complexity index is 2120. The molecule has 9 heteroatoms. The van der Waals surface area contributed by atoms with Gasteiger partial charge in [-0.25, -0.2) is 15.0 Å². The van der Waals surface area contributed by atoms with Crippen molar-refractivity contribution in [2.24, 2.45) is 5.92 Å². The number of benzene rings is 3. The third kappa shape index (κ3) is 5.69. The summed E-state index contributed by atoms with van der Waals surface area (Å²) in [5.74, 6) is 1.73. The van der Waals surface area contributed by atoms with Gasteiger partial charge in [0.2, 0.25) is 0 Å². The lowest BCUT2D eigenvalue weighted by Crippen LogP contribution is -2.21. The van der Waals surface area contributed by atoms with E-state index in [2.05, 4.69) is 52.7 Å². The van der Waals surface area contributed by atoms with Crippen LogP contribution in [0.25, 0.3) is 38.9 Å². The Kier molecular flexibility index (Phi) is 7.59. The van der Waals surface area contributed by atoms with E-state index in [-0.39, 0.29) is 23.3 Å². The van der Waals surface area contributed by atoms with Gasteiger partial charge in [0.25, 0.3) is 10.1 Å². The van der Waals surface area contributed by atoms with Crippen molar-refractivity contribution in [3.63, 3.8) is 0 Å². The molecule has 1 aliphatic rings. The zero-order chi connectivity index (χ0) is 31.1. The first kappa shape index (κ1) is 29.1. The van der Waals surface area contributed by atoms with Crippen molar-refractivity contribution >= 4 is 32.4 Å². The fourth-order valence-corrected chi connectivity index (χ4v) is 7.41. The Labute approximate surface area is 263 Å². The zero-order valence-corrected chi connectivity index (χ0v) is 26.2. The van der Waals surface area contributed by atoms with Crippen LogP contribution in [0.2, 0.25) is 0 Å². The fourth-order valence-electron chi connectivity index (χ4n) is 6.43. The molecule has 2 N–H and O–H groups in total. The number of aromatic nitrogens is 4. The first-order chi connectivity index (χ1) is 21.8. The van der Waals surface area contributed by atoms with Gasteiger partial charge in [-0.3, -0.25) is 8.58 Å². The van der Waals surface area contributed by atoms with Gasteiger partial charge in [0.15, 0.2) is 0 Å². The maximum atomic E-state index is 12.7. The van der Waals surface area contributed by atoms with Crippen LogP contribution in [-0.4, -0.2) is 34.4 Å². The number of fused-ring (bicyclic) bond motifs is 2. The summed E-state index contributed by atoms with van der Waals surface area (Å²) in [4.78, 5) is 14.8. The molecule has 1 aliphatic carbocycles. The smallest absolute Gasteiger partial charge is 0.296 e. The number of imidazole rings is 1. The number of hydrogen-bond acceptors (Lipinski definition) is 7. The molecule has 0 bridgehead atoms. The first-order valence-electron chi connectivity index (χ1n) is 15.3. The molecule has 3 aromatic heterocycles. The van der Waals surface area contributed by atoms with Gasteiger partial charge in [0, 0.05) is 34.8 Å². The second-order valence-corrected chi connectivity index (χ2v) is 13.7. The highest BCUT2D eigenvalue weighted by molar-refractivity contribution is 7.86. The van der Waals surface area contributed by atoms with Crippen LogP contribution in [0, 0.1) is 19.8 Å². The molecule has 0 radical (unpaired) electrons. The van der Waals surface area contributed by atoms with Crippen LogP contribution in [0.1, 0.15) is 48.6 Å². The van der Waals surface area contributed by atoms with Crippen molar-refractivity contribution in [3.05, 3.63) is 108 Å². The van der Waals surface area contributed by atoms with E-state index in [1.807, 2.05) is 31.3 Å². The standard InChI is InChI=1S/C36H35N5O3S/c1-23-8-15-29(16-9-23)45(42,43)44-22-25-10-12-27(13-11-25)36-40-33(34-35(37)38-18-19-41(34)36)28-14-17-30-24(2)20-31(39-32(30)21-28)26-6-4-3-5-7-26/h3-9,14-21,25,27H,10-13,22H2,1-2H3,(H2,37,38)/t25-,27-. The van der Waals surface area contributed by atoms with Gasteiger partial charge < -0.3 is 5.73 Å². The molecular formula is C36H35N5O3S. The molecule has 0 saturated heterocycles. The fraction of sp³-hybridized carbons (Fsp3) is 0.250. The number of pyridine rings is 1. The van der Waals surface area contributed by atoms with Gasteiger partial charge in [0.05, 0.1) is 22.7 Å². The molecule has 1 saturated carbocycles. The second-order valence-electron chi connectivity index (χ2n) is 12.0. The van der Waals surface area contributed by atoms with Crippen LogP contribution in [0.4, 0.5) is 5.82 Å². The quantitative estimate of drug-likeness (QED) is 0.185. The highest BCUT2D eigenvalue weighted by Crippen LogP contribution is 2.39. The second kappa shape index (κ2) is 11.7. The summed E-state index contributed by atoms with van der Waals surface area (Å²) >= 11 is 0. The normalized spacial score (nSPS) is 17.2. The minimum atomic E-state index is -3.78. The zero-order valence-electron chi connectivity index (χ0n) is 25.3. The van der Waals surface area contributed by atoms with Crippen LogP contribution in [-0.2, 0) is 14.3 Å². The minimum Gasteiger partial charge on any atom is -0.382 e. The summed E-state index contributed by atoms with van der Waals surface area (Å²) in [6, 6.07) is 25.4. The number of anilines is 1. The number of nitrogens with zero attached hydrogens (tertiary/aromatic N) is 4. The molecule has 1 fully saturated rings.